The maximum atomic E-state index is 11.6. The molecule has 0 aliphatic rings. The standard InChI is InChI=1S/C12H11BrN2OS/c13-9-5-11(17-8-9)7-15-12(16)6-10-3-1-2-4-14-10/h1-5,8H,6-7H2,(H,15,16). The van der Waals surface area contributed by atoms with E-state index in [9.17, 15) is 4.79 Å². The molecule has 0 aliphatic carbocycles. The highest BCUT2D eigenvalue weighted by molar-refractivity contribution is 9.10. The fourth-order valence-electron chi connectivity index (χ4n) is 1.36. The zero-order valence-corrected chi connectivity index (χ0v) is 11.4. The molecule has 2 aromatic rings. The summed E-state index contributed by atoms with van der Waals surface area (Å²) in [7, 11) is 0. The lowest BCUT2D eigenvalue weighted by Crippen LogP contribution is -2.24. The molecule has 0 saturated heterocycles. The Balaban J connectivity index is 1.82. The number of halogens is 1. The summed E-state index contributed by atoms with van der Waals surface area (Å²) >= 11 is 5.00. The number of aromatic nitrogens is 1. The van der Waals surface area contributed by atoms with Crippen LogP contribution in [-0.4, -0.2) is 10.9 Å². The third kappa shape index (κ3) is 3.94. The van der Waals surface area contributed by atoms with Crippen LogP contribution in [0.1, 0.15) is 10.6 Å². The molecular formula is C12H11BrN2OS. The van der Waals surface area contributed by atoms with Gasteiger partial charge in [-0.1, -0.05) is 6.07 Å². The third-order valence-electron chi connectivity index (χ3n) is 2.15. The van der Waals surface area contributed by atoms with E-state index in [2.05, 4.69) is 26.2 Å². The Labute approximate surface area is 112 Å². The van der Waals surface area contributed by atoms with Crippen LogP contribution < -0.4 is 5.32 Å². The van der Waals surface area contributed by atoms with Crippen LogP contribution in [0.15, 0.2) is 40.3 Å². The number of amides is 1. The molecule has 0 spiro atoms. The average molecular weight is 311 g/mol. The van der Waals surface area contributed by atoms with E-state index < -0.39 is 0 Å². The first kappa shape index (κ1) is 12.3. The number of thiophene rings is 1. The number of nitrogens with zero attached hydrogens (tertiary/aromatic N) is 1. The molecule has 88 valence electrons. The molecule has 0 unspecified atom stereocenters. The summed E-state index contributed by atoms with van der Waals surface area (Å²) in [6.45, 7) is 0.571. The van der Waals surface area contributed by atoms with Crippen molar-refractivity contribution in [2.24, 2.45) is 0 Å². The van der Waals surface area contributed by atoms with E-state index in [0.29, 0.717) is 13.0 Å². The van der Waals surface area contributed by atoms with E-state index in [1.54, 1.807) is 17.5 Å². The van der Waals surface area contributed by atoms with Gasteiger partial charge in [0.15, 0.2) is 0 Å². The van der Waals surface area contributed by atoms with Crippen molar-refractivity contribution in [2.45, 2.75) is 13.0 Å². The SMILES string of the molecule is O=C(Cc1ccccn1)NCc1cc(Br)cs1. The van der Waals surface area contributed by atoms with E-state index in [1.165, 1.54) is 0 Å². The van der Waals surface area contributed by atoms with Crippen LogP contribution in [0.25, 0.3) is 0 Å². The molecule has 2 heterocycles. The molecule has 0 bridgehead atoms. The summed E-state index contributed by atoms with van der Waals surface area (Å²) in [5.74, 6) is -0.00628. The predicted octanol–water partition coefficient (Wildman–Crippen LogP) is 2.76. The van der Waals surface area contributed by atoms with Crippen molar-refractivity contribution in [1.29, 1.82) is 0 Å². The second kappa shape index (κ2) is 5.93. The highest BCUT2D eigenvalue weighted by atomic mass is 79.9. The van der Waals surface area contributed by atoms with Crippen molar-refractivity contribution in [2.75, 3.05) is 0 Å². The number of carbonyl (C=O) groups excluding carboxylic acids is 1. The van der Waals surface area contributed by atoms with Crippen LogP contribution in [0.2, 0.25) is 0 Å². The zero-order chi connectivity index (χ0) is 12.1. The van der Waals surface area contributed by atoms with E-state index in [4.69, 9.17) is 0 Å². The van der Waals surface area contributed by atoms with E-state index in [0.717, 1.165) is 15.0 Å². The maximum Gasteiger partial charge on any atom is 0.226 e. The van der Waals surface area contributed by atoms with Gasteiger partial charge >= 0.3 is 0 Å². The molecular weight excluding hydrogens is 300 g/mol. The van der Waals surface area contributed by atoms with Gasteiger partial charge in [-0.25, -0.2) is 0 Å². The van der Waals surface area contributed by atoms with Crippen LogP contribution >= 0.6 is 27.3 Å². The summed E-state index contributed by atoms with van der Waals surface area (Å²) in [5.41, 5.74) is 0.789. The second-order valence-electron chi connectivity index (χ2n) is 3.51. The minimum Gasteiger partial charge on any atom is -0.351 e. The van der Waals surface area contributed by atoms with Gasteiger partial charge in [0.05, 0.1) is 13.0 Å². The van der Waals surface area contributed by atoms with Crippen molar-refractivity contribution < 1.29 is 4.79 Å². The lowest BCUT2D eigenvalue weighted by molar-refractivity contribution is -0.120. The fourth-order valence-corrected chi connectivity index (χ4v) is 2.75. The Bertz CT molecular complexity index is 498. The number of hydrogen-bond acceptors (Lipinski definition) is 3. The van der Waals surface area contributed by atoms with Crippen molar-refractivity contribution >= 4 is 33.2 Å². The third-order valence-corrected chi connectivity index (χ3v) is 3.85. The number of hydrogen-bond donors (Lipinski definition) is 1. The Kier molecular flexibility index (Phi) is 4.28. The van der Waals surface area contributed by atoms with E-state index >= 15 is 0 Å². The Morgan fingerprint density at radius 3 is 3.00 bits per heavy atom. The van der Waals surface area contributed by atoms with Crippen molar-refractivity contribution in [3.63, 3.8) is 0 Å². The molecule has 5 heteroatoms. The molecule has 1 amide bonds. The summed E-state index contributed by atoms with van der Waals surface area (Å²) in [5, 5.41) is 4.87. The van der Waals surface area contributed by atoms with E-state index in [-0.39, 0.29) is 5.91 Å². The van der Waals surface area contributed by atoms with Gasteiger partial charge in [-0.05, 0) is 34.1 Å². The Morgan fingerprint density at radius 1 is 1.47 bits per heavy atom. The van der Waals surface area contributed by atoms with Gasteiger partial charge in [-0.2, -0.15) is 0 Å². The van der Waals surface area contributed by atoms with Gasteiger partial charge in [-0.15, -0.1) is 11.3 Å². The molecule has 0 fully saturated rings. The highest BCUT2D eigenvalue weighted by Gasteiger charge is 2.04. The Hall–Kier alpha value is -1.20. The molecule has 0 atom stereocenters. The quantitative estimate of drug-likeness (QED) is 0.943. The van der Waals surface area contributed by atoms with Crippen molar-refractivity contribution in [3.8, 4) is 0 Å². The smallest absolute Gasteiger partial charge is 0.226 e. The van der Waals surface area contributed by atoms with Crippen LogP contribution in [0.3, 0.4) is 0 Å². The Morgan fingerprint density at radius 2 is 2.35 bits per heavy atom. The summed E-state index contributed by atoms with van der Waals surface area (Å²) in [6.07, 6.45) is 2.02. The summed E-state index contributed by atoms with van der Waals surface area (Å²) in [6, 6.07) is 7.57. The van der Waals surface area contributed by atoms with Gasteiger partial charge in [0.1, 0.15) is 0 Å². The molecule has 1 N–H and O–H groups in total. The molecule has 0 radical (unpaired) electrons. The molecule has 0 aliphatic heterocycles. The number of carbonyl (C=O) groups is 1. The number of pyridine rings is 1. The zero-order valence-electron chi connectivity index (χ0n) is 9.02. The van der Waals surface area contributed by atoms with Gasteiger partial charge in [-0.3, -0.25) is 9.78 Å². The summed E-state index contributed by atoms with van der Waals surface area (Å²) < 4.78 is 1.05. The van der Waals surface area contributed by atoms with Gasteiger partial charge in [0.25, 0.3) is 0 Å². The second-order valence-corrected chi connectivity index (χ2v) is 5.42. The van der Waals surface area contributed by atoms with E-state index in [1.807, 2.05) is 29.6 Å². The lowest BCUT2D eigenvalue weighted by Gasteiger charge is -2.02. The molecule has 17 heavy (non-hydrogen) atoms. The molecule has 0 aromatic carbocycles. The first-order chi connectivity index (χ1) is 8.24. The van der Waals surface area contributed by atoms with Crippen LogP contribution in [-0.2, 0) is 17.8 Å². The van der Waals surface area contributed by atoms with Gasteiger partial charge < -0.3 is 5.32 Å². The molecule has 3 nitrogen and oxygen atoms in total. The first-order valence-corrected chi connectivity index (χ1v) is 6.81. The van der Waals surface area contributed by atoms with Crippen LogP contribution in [0, 0.1) is 0 Å². The minimum atomic E-state index is -0.00628. The minimum absolute atomic E-state index is 0.00628. The van der Waals surface area contributed by atoms with Gasteiger partial charge in [0.2, 0.25) is 5.91 Å². The lowest BCUT2D eigenvalue weighted by atomic mass is 10.2. The monoisotopic (exact) mass is 310 g/mol. The van der Waals surface area contributed by atoms with Crippen molar-refractivity contribution in [1.82, 2.24) is 10.3 Å². The largest absolute Gasteiger partial charge is 0.351 e. The van der Waals surface area contributed by atoms with Crippen molar-refractivity contribution in [3.05, 3.63) is 50.9 Å². The highest BCUT2D eigenvalue weighted by Crippen LogP contribution is 2.19. The molecule has 0 saturated carbocycles. The summed E-state index contributed by atoms with van der Waals surface area (Å²) in [4.78, 5) is 16.9. The maximum absolute atomic E-state index is 11.6. The first-order valence-electron chi connectivity index (χ1n) is 5.13. The van der Waals surface area contributed by atoms with Crippen LogP contribution in [0.5, 0.6) is 0 Å². The fraction of sp³-hybridized carbons (Fsp3) is 0.167. The van der Waals surface area contributed by atoms with Crippen LogP contribution in [0.4, 0.5) is 0 Å². The number of rotatable bonds is 4. The number of nitrogens with one attached hydrogen (secondary N) is 1. The normalized spacial score (nSPS) is 10.2. The predicted molar refractivity (Wildman–Crippen MR) is 71.8 cm³/mol. The molecule has 2 rings (SSSR count). The molecule has 2 aromatic heterocycles. The average Bonchev–Trinajstić information content (AvgIpc) is 2.74. The van der Waals surface area contributed by atoms with Gasteiger partial charge in [0, 0.05) is 26.6 Å². The topological polar surface area (TPSA) is 42.0 Å².